The van der Waals surface area contributed by atoms with E-state index < -0.39 is 0 Å². The zero-order valence-corrected chi connectivity index (χ0v) is 7.89. The third-order valence-electron chi connectivity index (χ3n) is 0.352. The van der Waals surface area contributed by atoms with Gasteiger partial charge in [0.1, 0.15) is 5.78 Å². The molecule has 12 heavy (non-hydrogen) atoms. The summed E-state index contributed by atoms with van der Waals surface area (Å²) in [6.45, 7) is 4.53. The number of hydrogen-bond donors (Lipinski definition) is 2. The monoisotopic (exact) mass is 178 g/mol. The molecule has 0 aromatic heterocycles. The predicted molar refractivity (Wildman–Crippen MR) is 52.9 cm³/mol. The molecule has 0 aliphatic rings. The molecule has 0 atom stereocenters. The van der Waals surface area contributed by atoms with Gasteiger partial charge in [-0.1, -0.05) is 7.43 Å². The van der Waals surface area contributed by atoms with Crippen molar-refractivity contribution < 1.29 is 9.59 Å². The van der Waals surface area contributed by atoms with Crippen molar-refractivity contribution in [1.82, 2.24) is 5.32 Å². The Kier molecular flexibility index (Phi) is 42.1. The summed E-state index contributed by atoms with van der Waals surface area (Å²) in [7, 11) is 3.10. The lowest BCUT2D eigenvalue weighted by Gasteiger charge is -1.80. The van der Waals surface area contributed by atoms with E-state index in [2.05, 4.69) is 11.1 Å². The van der Waals surface area contributed by atoms with Crippen LogP contribution >= 0.6 is 0 Å². The Hall–Kier alpha value is -0.900. The fourth-order valence-electron chi connectivity index (χ4n) is 0. The molecule has 0 aliphatic carbocycles. The molecule has 0 fully saturated rings. The fraction of sp³-hybridized carbons (Fsp3) is 0.750. The average Bonchev–Trinajstić information content (AvgIpc) is 1.91. The van der Waals surface area contributed by atoms with E-state index in [0.29, 0.717) is 0 Å². The maximum atomic E-state index is 9.70. The quantitative estimate of drug-likeness (QED) is 0.569. The Balaban J connectivity index is -0.0000000419. The van der Waals surface area contributed by atoms with Gasteiger partial charge in [0.15, 0.2) is 0 Å². The summed E-state index contributed by atoms with van der Waals surface area (Å²) in [5, 5.41) is 2.39. The number of nitrogens with two attached hydrogens (primary N) is 1. The largest absolute Gasteiger partial charge is 0.359 e. The number of rotatable bonds is 0. The van der Waals surface area contributed by atoms with Crippen LogP contribution < -0.4 is 11.1 Å². The standard InChI is InChI=1S/C3H7NO.C3H6O.CH5N.CH4/c1-3(5)4-2;1-3(2)4;1-2;/h1-2H3,(H,4,5);1-2H3;2H2,1H3;1H4. The molecule has 0 aromatic rings. The molecule has 4 heteroatoms. The molecule has 76 valence electrons. The first-order valence-corrected chi connectivity index (χ1v) is 3.24. The minimum absolute atomic E-state index is 0. The minimum atomic E-state index is 0. The van der Waals surface area contributed by atoms with Gasteiger partial charge in [0, 0.05) is 14.0 Å². The van der Waals surface area contributed by atoms with Crippen LogP contribution in [0.1, 0.15) is 28.2 Å². The molecule has 0 radical (unpaired) electrons. The lowest BCUT2D eigenvalue weighted by molar-refractivity contribution is -0.118. The van der Waals surface area contributed by atoms with E-state index in [9.17, 15) is 9.59 Å². The van der Waals surface area contributed by atoms with Crippen LogP contribution in [0.5, 0.6) is 0 Å². The Bertz CT molecular complexity index is 99.2. The molecule has 0 unspecified atom stereocenters. The molecule has 0 saturated heterocycles. The highest BCUT2D eigenvalue weighted by molar-refractivity contribution is 5.72. The first-order chi connectivity index (χ1) is 5.00. The molecule has 0 aliphatic heterocycles. The van der Waals surface area contributed by atoms with Crippen molar-refractivity contribution in [2.45, 2.75) is 28.2 Å². The van der Waals surface area contributed by atoms with Crippen molar-refractivity contribution in [3.63, 3.8) is 0 Å². The van der Waals surface area contributed by atoms with Gasteiger partial charge in [-0.2, -0.15) is 0 Å². The van der Waals surface area contributed by atoms with Crippen molar-refractivity contribution in [2.75, 3.05) is 14.1 Å². The summed E-state index contributed by atoms with van der Waals surface area (Å²) in [5.74, 6) is 0.171. The maximum Gasteiger partial charge on any atom is 0.216 e. The van der Waals surface area contributed by atoms with Crippen molar-refractivity contribution in [1.29, 1.82) is 0 Å². The van der Waals surface area contributed by atoms with Crippen LogP contribution in [-0.2, 0) is 9.59 Å². The second-order valence-electron chi connectivity index (χ2n) is 1.71. The predicted octanol–water partition coefficient (Wildman–Crippen LogP) is 0.559. The van der Waals surface area contributed by atoms with Gasteiger partial charge in [-0.05, 0) is 20.9 Å². The van der Waals surface area contributed by atoms with E-state index >= 15 is 0 Å². The zero-order chi connectivity index (χ0) is 9.86. The van der Waals surface area contributed by atoms with Crippen molar-refractivity contribution in [3.8, 4) is 0 Å². The van der Waals surface area contributed by atoms with Crippen molar-refractivity contribution in [3.05, 3.63) is 0 Å². The third kappa shape index (κ3) is 493. The summed E-state index contributed by atoms with van der Waals surface area (Å²) in [6, 6.07) is 0. The number of ketones is 1. The first-order valence-electron chi connectivity index (χ1n) is 3.24. The SMILES string of the molecule is C.CC(C)=O.CN.CNC(C)=O. The van der Waals surface area contributed by atoms with Gasteiger partial charge < -0.3 is 15.8 Å². The van der Waals surface area contributed by atoms with E-state index in [4.69, 9.17) is 0 Å². The van der Waals surface area contributed by atoms with Gasteiger partial charge in [-0.15, -0.1) is 0 Å². The third-order valence-corrected chi connectivity index (χ3v) is 0.352. The summed E-state index contributed by atoms with van der Waals surface area (Å²) in [5.41, 5.74) is 4.50. The zero-order valence-electron chi connectivity index (χ0n) is 7.89. The molecule has 0 bridgehead atoms. The highest BCUT2D eigenvalue weighted by Crippen LogP contribution is 1.50. The van der Waals surface area contributed by atoms with Crippen LogP contribution in [0.4, 0.5) is 0 Å². The number of amides is 1. The van der Waals surface area contributed by atoms with Gasteiger partial charge in [-0.3, -0.25) is 4.79 Å². The molecule has 0 saturated carbocycles. The van der Waals surface area contributed by atoms with Crippen molar-refractivity contribution in [2.24, 2.45) is 5.73 Å². The number of nitrogens with one attached hydrogen (secondary N) is 1. The van der Waals surface area contributed by atoms with Crippen LogP contribution in [0.3, 0.4) is 0 Å². The number of Topliss-reactive ketones (excluding diaryl/α,β-unsaturated/α-hetero) is 1. The van der Waals surface area contributed by atoms with Crippen LogP contribution in [0.25, 0.3) is 0 Å². The Morgan fingerprint density at radius 1 is 1.08 bits per heavy atom. The molecule has 3 N–H and O–H groups in total. The van der Waals surface area contributed by atoms with Crippen LogP contribution in [-0.4, -0.2) is 25.8 Å². The van der Waals surface area contributed by atoms with Gasteiger partial charge in [0.05, 0.1) is 0 Å². The Morgan fingerprint density at radius 3 is 1.17 bits per heavy atom. The van der Waals surface area contributed by atoms with E-state index in [1.54, 1.807) is 7.05 Å². The average molecular weight is 178 g/mol. The maximum absolute atomic E-state index is 9.70. The molecule has 0 rings (SSSR count). The second kappa shape index (κ2) is 22.5. The van der Waals surface area contributed by atoms with Crippen LogP contribution in [0, 0.1) is 0 Å². The molecular formula is C8H22N2O2. The number of hydrogen-bond acceptors (Lipinski definition) is 3. The molecule has 4 nitrogen and oxygen atoms in total. The number of carbonyl (C=O) groups is 2. The van der Waals surface area contributed by atoms with E-state index in [1.165, 1.54) is 27.8 Å². The smallest absolute Gasteiger partial charge is 0.216 e. The summed E-state index contributed by atoms with van der Waals surface area (Å²) < 4.78 is 0. The Labute approximate surface area is 75.5 Å². The van der Waals surface area contributed by atoms with Gasteiger partial charge in [0.25, 0.3) is 0 Å². The molecule has 0 spiro atoms. The summed E-state index contributed by atoms with van der Waals surface area (Å²) in [6.07, 6.45) is 0. The normalized spacial score (nSPS) is 5.50. The van der Waals surface area contributed by atoms with E-state index in [0.717, 1.165) is 0 Å². The first kappa shape index (κ1) is 22.5. The lowest BCUT2D eigenvalue weighted by Crippen LogP contribution is -2.11. The topological polar surface area (TPSA) is 72.2 Å². The van der Waals surface area contributed by atoms with Crippen LogP contribution in [0.2, 0.25) is 0 Å². The Morgan fingerprint density at radius 2 is 1.17 bits per heavy atom. The lowest BCUT2D eigenvalue weighted by atomic mass is 10.6. The highest BCUT2D eigenvalue weighted by atomic mass is 16.1. The van der Waals surface area contributed by atoms with Crippen LogP contribution in [0.15, 0.2) is 0 Å². The highest BCUT2D eigenvalue weighted by Gasteiger charge is 1.72. The van der Waals surface area contributed by atoms with Crippen molar-refractivity contribution >= 4 is 11.7 Å². The van der Waals surface area contributed by atoms with E-state index in [-0.39, 0.29) is 19.1 Å². The molecule has 0 heterocycles. The minimum Gasteiger partial charge on any atom is -0.359 e. The fourth-order valence-corrected chi connectivity index (χ4v) is 0. The second-order valence-corrected chi connectivity index (χ2v) is 1.71. The number of carbonyl (C=O) groups excluding carboxylic acids is 2. The molecule has 0 aromatic carbocycles. The van der Waals surface area contributed by atoms with E-state index in [1.807, 2.05) is 0 Å². The van der Waals surface area contributed by atoms with Gasteiger partial charge >= 0.3 is 0 Å². The molecular weight excluding hydrogens is 156 g/mol. The molecule has 1 amide bonds. The summed E-state index contributed by atoms with van der Waals surface area (Å²) >= 11 is 0. The summed E-state index contributed by atoms with van der Waals surface area (Å²) in [4.78, 5) is 19.1. The van der Waals surface area contributed by atoms with Gasteiger partial charge in [0.2, 0.25) is 5.91 Å². The van der Waals surface area contributed by atoms with Gasteiger partial charge in [-0.25, -0.2) is 0 Å².